The van der Waals surface area contributed by atoms with Crippen LogP contribution in [0.1, 0.15) is 57.8 Å². The van der Waals surface area contributed by atoms with E-state index in [9.17, 15) is 9.59 Å². The monoisotopic (exact) mass is 335 g/mol. The second-order valence-corrected chi connectivity index (χ2v) is 7.78. The van der Waals surface area contributed by atoms with Gasteiger partial charge in [-0.1, -0.05) is 19.3 Å². The zero-order valence-corrected chi connectivity index (χ0v) is 14.4. The van der Waals surface area contributed by atoms with Gasteiger partial charge in [0.15, 0.2) is 5.13 Å². The minimum absolute atomic E-state index is 0.00364. The van der Waals surface area contributed by atoms with Gasteiger partial charge < -0.3 is 10.2 Å². The van der Waals surface area contributed by atoms with Crippen molar-refractivity contribution in [2.75, 3.05) is 18.4 Å². The van der Waals surface area contributed by atoms with Crippen molar-refractivity contribution in [3.8, 4) is 0 Å². The molecule has 0 unspecified atom stereocenters. The summed E-state index contributed by atoms with van der Waals surface area (Å²) < 4.78 is 0. The zero-order valence-electron chi connectivity index (χ0n) is 13.6. The highest BCUT2D eigenvalue weighted by Crippen LogP contribution is 2.43. The maximum absolute atomic E-state index is 12.6. The first kappa shape index (κ1) is 16.4. The lowest BCUT2D eigenvalue weighted by atomic mass is 9.69. The molecule has 3 rings (SSSR count). The molecular weight excluding hydrogens is 310 g/mol. The van der Waals surface area contributed by atoms with E-state index in [0.29, 0.717) is 18.0 Å². The zero-order chi connectivity index (χ0) is 16.1. The van der Waals surface area contributed by atoms with E-state index < -0.39 is 0 Å². The van der Waals surface area contributed by atoms with Gasteiger partial charge in [-0.15, -0.1) is 11.3 Å². The van der Waals surface area contributed by atoms with E-state index in [2.05, 4.69) is 10.3 Å². The molecule has 0 bridgehead atoms. The molecule has 1 saturated carbocycles. The van der Waals surface area contributed by atoms with Gasteiger partial charge in [0.05, 0.1) is 0 Å². The average molecular weight is 335 g/mol. The largest absolute Gasteiger partial charge is 0.343 e. The summed E-state index contributed by atoms with van der Waals surface area (Å²) in [6, 6.07) is 0. The first-order valence-electron chi connectivity index (χ1n) is 8.64. The SMILES string of the molecule is O=C(CC1(CC(=O)N2CCCC2)CCCCC1)Nc1nccs1. The van der Waals surface area contributed by atoms with Crippen LogP contribution in [-0.4, -0.2) is 34.8 Å². The summed E-state index contributed by atoms with van der Waals surface area (Å²) in [6.07, 6.45) is 10.3. The number of carbonyl (C=O) groups excluding carboxylic acids is 2. The highest BCUT2D eigenvalue weighted by molar-refractivity contribution is 7.13. The molecule has 2 heterocycles. The van der Waals surface area contributed by atoms with Crippen LogP contribution in [0.2, 0.25) is 0 Å². The van der Waals surface area contributed by atoms with Gasteiger partial charge in [0.1, 0.15) is 0 Å². The number of thiazole rings is 1. The fraction of sp³-hybridized carbons (Fsp3) is 0.706. The summed E-state index contributed by atoms with van der Waals surface area (Å²) in [4.78, 5) is 31.1. The van der Waals surface area contributed by atoms with Crippen molar-refractivity contribution in [2.45, 2.75) is 57.8 Å². The van der Waals surface area contributed by atoms with E-state index in [0.717, 1.165) is 51.6 Å². The normalized spacial score (nSPS) is 20.4. The van der Waals surface area contributed by atoms with Gasteiger partial charge in [0.2, 0.25) is 11.8 Å². The van der Waals surface area contributed by atoms with Crippen LogP contribution in [0.5, 0.6) is 0 Å². The van der Waals surface area contributed by atoms with E-state index in [-0.39, 0.29) is 17.2 Å². The number of nitrogens with one attached hydrogen (secondary N) is 1. The lowest BCUT2D eigenvalue weighted by Gasteiger charge is -2.37. The number of carbonyl (C=O) groups is 2. The minimum Gasteiger partial charge on any atom is -0.343 e. The van der Waals surface area contributed by atoms with Crippen LogP contribution in [0.3, 0.4) is 0 Å². The Hall–Kier alpha value is -1.43. The summed E-state index contributed by atoms with van der Waals surface area (Å²) >= 11 is 1.43. The standard InChI is InChI=1S/C17H25N3O2S/c21-14(19-16-18-8-11-23-16)12-17(6-2-1-3-7-17)13-15(22)20-9-4-5-10-20/h8,11H,1-7,9-10,12-13H2,(H,18,19,21). The smallest absolute Gasteiger partial charge is 0.226 e. The van der Waals surface area contributed by atoms with Gasteiger partial charge in [0, 0.05) is 37.5 Å². The van der Waals surface area contributed by atoms with Gasteiger partial charge in [0.25, 0.3) is 0 Å². The molecule has 1 aliphatic carbocycles. The topological polar surface area (TPSA) is 62.3 Å². The lowest BCUT2D eigenvalue weighted by Crippen LogP contribution is -2.37. The number of likely N-dealkylation sites (tertiary alicyclic amines) is 1. The predicted octanol–water partition coefficient (Wildman–Crippen LogP) is 3.43. The summed E-state index contributed by atoms with van der Waals surface area (Å²) in [5.74, 6) is 0.238. The lowest BCUT2D eigenvalue weighted by molar-refractivity contribution is -0.134. The Bertz CT molecular complexity index is 532. The summed E-state index contributed by atoms with van der Waals surface area (Å²) in [7, 11) is 0. The van der Waals surface area contributed by atoms with E-state index in [4.69, 9.17) is 0 Å². The van der Waals surface area contributed by atoms with Gasteiger partial charge >= 0.3 is 0 Å². The van der Waals surface area contributed by atoms with Gasteiger partial charge in [-0.05, 0) is 31.1 Å². The molecule has 1 aromatic rings. The molecule has 2 fully saturated rings. The molecule has 1 aromatic heterocycles. The Morgan fingerprint density at radius 1 is 1.13 bits per heavy atom. The van der Waals surface area contributed by atoms with Crippen LogP contribution in [0.25, 0.3) is 0 Å². The Morgan fingerprint density at radius 2 is 1.87 bits per heavy atom. The molecule has 1 N–H and O–H groups in total. The van der Waals surface area contributed by atoms with Crippen LogP contribution in [0.4, 0.5) is 5.13 Å². The molecule has 5 nitrogen and oxygen atoms in total. The number of aromatic nitrogens is 1. The Morgan fingerprint density at radius 3 is 2.52 bits per heavy atom. The van der Waals surface area contributed by atoms with E-state index in [1.165, 1.54) is 17.8 Å². The number of anilines is 1. The second kappa shape index (κ2) is 7.43. The van der Waals surface area contributed by atoms with Crippen LogP contribution in [-0.2, 0) is 9.59 Å². The van der Waals surface area contributed by atoms with Crippen LogP contribution >= 0.6 is 11.3 Å². The third-order valence-electron chi connectivity index (χ3n) is 5.11. The average Bonchev–Trinajstić information content (AvgIpc) is 3.21. The highest BCUT2D eigenvalue weighted by atomic mass is 32.1. The van der Waals surface area contributed by atoms with Crippen molar-refractivity contribution < 1.29 is 9.59 Å². The second-order valence-electron chi connectivity index (χ2n) is 6.89. The summed E-state index contributed by atoms with van der Waals surface area (Å²) in [5.41, 5.74) is -0.154. The van der Waals surface area contributed by atoms with Crippen LogP contribution in [0.15, 0.2) is 11.6 Å². The maximum atomic E-state index is 12.6. The van der Waals surface area contributed by atoms with E-state index in [1.54, 1.807) is 6.20 Å². The van der Waals surface area contributed by atoms with Crippen molar-refractivity contribution in [1.29, 1.82) is 0 Å². The molecule has 2 aliphatic rings. The Balaban J connectivity index is 1.63. The van der Waals surface area contributed by atoms with Gasteiger partial charge in [-0.2, -0.15) is 0 Å². The molecule has 0 aromatic carbocycles. The quantitative estimate of drug-likeness (QED) is 0.896. The Labute approximate surface area is 141 Å². The molecule has 0 atom stereocenters. The van der Waals surface area contributed by atoms with E-state index in [1.807, 2.05) is 10.3 Å². The molecule has 0 spiro atoms. The number of nitrogens with zero attached hydrogens (tertiary/aromatic N) is 2. The maximum Gasteiger partial charge on any atom is 0.226 e. The van der Waals surface area contributed by atoms with Crippen molar-refractivity contribution in [3.05, 3.63) is 11.6 Å². The summed E-state index contributed by atoms with van der Waals surface area (Å²) in [6.45, 7) is 1.78. The predicted molar refractivity (Wildman–Crippen MR) is 91.3 cm³/mol. The molecular formula is C17H25N3O2S. The molecule has 1 saturated heterocycles. The first-order chi connectivity index (χ1) is 11.2. The molecule has 126 valence electrons. The number of rotatable bonds is 5. The van der Waals surface area contributed by atoms with Gasteiger partial charge in [-0.25, -0.2) is 4.98 Å². The molecule has 6 heteroatoms. The first-order valence-corrected chi connectivity index (χ1v) is 9.52. The third kappa shape index (κ3) is 4.31. The highest BCUT2D eigenvalue weighted by Gasteiger charge is 2.38. The third-order valence-corrected chi connectivity index (χ3v) is 5.80. The summed E-state index contributed by atoms with van der Waals surface area (Å²) in [5, 5.41) is 5.38. The molecule has 1 aliphatic heterocycles. The number of amides is 2. The van der Waals surface area contributed by atoms with E-state index >= 15 is 0 Å². The molecule has 0 radical (unpaired) electrons. The Kier molecular flexibility index (Phi) is 5.30. The fourth-order valence-electron chi connectivity index (χ4n) is 3.91. The van der Waals surface area contributed by atoms with Crippen molar-refractivity contribution in [2.24, 2.45) is 5.41 Å². The fourth-order valence-corrected chi connectivity index (χ4v) is 4.45. The van der Waals surface area contributed by atoms with Crippen molar-refractivity contribution >= 4 is 28.3 Å². The number of hydrogen-bond acceptors (Lipinski definition) is 4. The van der Waals surface area contributed by atoms with Gasteiger partial charge in [-0.3, -0.25) is 9.59 Å². The van der Waals surface area contributed by atoms with Crippen molar-refractivity contribution in [3.63, 3.8) is 0 Å². The van der Waals surface area contributed by atoms with Crippen LogP contribution < -0.4 is 5.32 Å². The minimum atomic E-state index is -0.154. The van der Waals surface area contributed by atoms with Crippen molar-refractivity contribution in [1.82, 2.24) is 9.88 Å². The number of hydrogen-bond donors (Lipinski definition) is 1. The molecule has 23 heavy (non-hydrogen) atoms. The van der Waals surface area contributed by atoms with Crippen LogP contribution in [0, 0.1) is 5.41 Å². The molecule has 2 amide bonds.